The van der Waals surface area contributed by atoms with Gasteiger partial charge in [-0.2, -0.15) is 10.4 Å². The Balaban J connectivity index is 3.10. The molecular weight excluding hydrogens is 160 g/mol. The highest BCUT2D eigenvalue weighted by molar-refractivity contribution is 5.34. The quantitative estimate of drug-likeness (QED) is 0.470. The maximum atomic E-state index is 10.4. The van der Waals surface area contributed by atoms with Crippen LogP contribution in [0.1, 0.15) is 5.69 Å². The molecule has 0 bridgehead atoms. The number of hydrogen-bond donors (Lipinski definition) is 0. The zero-order valence-electron chi connectivity index (χ0n) is 6.39. The van der Waals surface area contributed by atoms with Crippen LogP contribution in [0.5, 0.6) is 0 Å². The van der Waals surface area contributed by atoms with E-state index in [2.05, 4.69) is 5.10 Å². The summed E-state index contributed by atoms with van der Waals surface area (Å²) < 4.78 is 1.32. The average molecular weight is 166 g/mol. The van der Waals surface area contributed by atoms with Crippen molar-refractivity contribution in [3.05, 3.63) is 22.0 Å². The molecule has 0 N–H and O–H groups in total. The van der Waals surface area contributed by atoms with E-state index < -0.39 is 4.92 Å². The van der Waals surface area contributed by atoms with Crippen LogP contribution in [0.3, 0.4) is 0 Å². The van der Waals surface area contributed by atoms with E-state index in [0.717, 1.165) is 0 Å². The number of nitrogens with zero attached hydrogens (tertiary/aromatic N) is 4. The minimum absolute atomic E-state index is 0.0306. The van der Waals surface area contributed by atoms with Crippen LogP contribution in [-0.4, -0.2) is 14.7 Å². The Morgan fingerprint density at radius 1 is 1.92 bits per heavy atom. The lowest BCUT2D eigenvalue weighted by atomic mass is 10.3. The van der Waals surface area contributed by atoms with Crippen LogP contribution < -0.4 is 0 Å². The molecule has 6 nitrogen and oxygen atoms in total. The van der Waals surface area contributed by atoms with Gasteiger partial charge in [-0.25, -0.2) is 0 Å². The third-order valence-corrected chi connectivity index (χ3v) is 1.33. The summed E-state index contributed by atoms with van der Waals surface area (Å²) in [6.45, 7) is 0. The van der Waals surface area contributed by atoms with Crippen LogP contribution in [0.25, 0.3) is 0 Å². The highest BCUT2D eigenvalue weighted by Gasteiger charge is 2.17. The van der Waals surface area contributed by atoms with E-state index in [1.807, 2.05) is 6.07 Å². The van der Waals surface area contributed by atoms with Crippen molar-refractivity contribution in [1.82, 2.24) is 9.78 Å². The van der Waals surface area contributed by atoms with Crippen molar-refractivity contribution in [3.8, 4) is 6.07 Å². The Hall–Kier alpha value is -1.90. The first kappa shape index (κ1) is 8.20. The van der Waals surface area contributed by atoms with Crippen molar-refractivity contribution >= 4 is 5.69 Å². The van der Waals surface area contributed by atoms with Gasteiger partial charge in [-0.3, -0.25) is 14.8 Å². The van der Waals surface area contributed by atoms with Gasteiger partial charge in [0.1, 0.15) is 6.20 Å². The fraction of sp³-hybridized carbons (Fsp3) is 0.333. The predicted molar refractivity (Wildman–Crippen MR) is 39.2 cm³/mol. The number of aryl methyl sites for hydroxylation is 1. The molecule has 1 rings (SSSR count). The lowest BCUT2D eigenvalue weighted by Gasteiger charge is -1.85. The third-order valence-electron chi connectivity index (χ3n) is 1.33. The number of nitro groups is 1. The summed E-state index contributed by atoms with van der Waals surface area (Å²) in [6, 6.07) is 1.81. The van der Waals surface area contributed by atoms with Gasteiger partial charge in [-0.15, -0.1) is 0 Å². The van der Waals surface area contributed by atoms with Crippen LogP contribution in [0.15, 0.2) is 6.20 Å². The maximum Gasteiger partial charge on any atom is 0.311 e. The number of aromatic nitrogens is 2. The SMILES string of the molecule is Cn1cc([N+](=O)[O-])c(CC#N)n1. The van der Waals surface area contributed by atoms with Gasteiger partial charge in [-0.1, -0.05) is 0 Å². The molecule has 62 valence electrons. The molecule has 0 unspecified atom stereocenters. The zero-order valence-corrected chi connectivity index (χ0v) is 6.39. The Bertz CT molecular complexity index is 349. The van der Waals surface area contributed by atoms with Crippen LogP contribution in [0, 0.1) is 21.4 Å². The lowest BCUT2D eigenvalue weighted by Crippen LogP contribution is -1.92. The molecule has 1 aromatic heterocycles. The lowest BCUT2D eigenvalue weighted by molar-refractivity contribution is -0.385. The standard InChI is InChI=1S/C6H6N4O2/c1-9-4-6(10(11)12)5(8-9)2-3-7/h4H,2H2,1H3. The Kier molecular flexibility index (Phi) is 2.05. The van der Waals surface area contributed by atoms with Gasteiger partial charge in [-0.05, 0) is 0 Å². The molecular formula is C6H6N4O2. The second kappa shape index (κ2) is 3.00. The molecule has 0 aliphatic rings. The summed E-state index contributed by atoms with van der Waals surface area (Å²) in [5.41, 5.74) is 0.115. The van der Waals surface area contributed by atoms with E-state index in [-0.39, 0.29) is 17.8 Å². The van der Waals surface area contributed by atoms with Crippen molar-refractivity contribution in [2.24, 2.45) is 7.05 Å². The average Bonchev–Trinajstić information content (AvgIpc) is 2.32. The summed E-state index contributed by atoms with van der Waals surface area (Å²) in [6.07, 6.45) is 1.25. The number of rotatable bonds is 2. The van der Waals surface area contributed by atoms with E-state index in [1.165, 1.54) is 10.9 Å². The van der Waals surface area contributed by atoms with Gasteiger partial charge in [0.05, 0.1) is 17.4 Å². The summed E-state index contributed by atoms with van der Waals surface area (Å²) in [7, 11) is 1.58. The molecule has 0 fully saturated rings. The van der Waals surface area contributed by atoms with Gasteiger partial charge in [0.25, 0.3) is 0 Å². The molecule has 0 aliphatic heterocycles. The monoisotopic (exact) mass is 166 g/mol. The second-order valence-corrected chi connectivity index (χ2v) is 2.23. The molecule has 0 aromatic carbocycles. The van der Waals surface area contributed by atoms with Gasteiger partial charge in [0.2, 0.25) is 0 Å². The third kappa shape index (κ3) is 1.40. The van der Waals surface area contributed by atoms with Crippen molar-refractivity contribution in [2.45, 2.75) is 6.42 Å². The van der Waals surface area contributed by atoms with Crippen molar-refractivity contribution in [3.63, 3.8) is 0 Å². The van der Waals surface area contributed by atoms with Gasteiger partial charge in [0.15, 0.2) is 5.69 Å². The number of hydrogen-bond acceptors (Lipinski definition) is 4. The topological polar surface area (TPSA) is 84.7 Å². The first-order valence-corrected chi connectivity index (χ1v) is 3.19. The van der Waals surface area contributed by atoms with Crippen LogP contribution >= 0.6 is 0 Å². The smallest absolute Gasteiger partial charge is 0.268 e. The fourth-order valence-corrected chi connectivity index (χ4v) is 0.875. The minimum atomic E-state index is -0.542. The van der Waals surface area contributed by atoms with Crippen molar-refractivity contribution in [2.75, 3.05) is 0 Å². The molecule has 0 spiro atoms. The largest absolute Gasteiger partial charge is 0.311 e. The van der Waals surface area contributed by atoms with Gasteiger partial charge < -0.3 is 0 Å². The molecule has 0 amide bonds. The number of nitriles is 1. The van der Waals surface area contributed by atoms with Gasteiger partial charge >= 0.3 is 5.69 Å². The Morgan fingerprint density at radius 3 is 3.08 bits per heavy atom. The maximum absolute atomic E-state index is 10.4. The normalized spacial score (nSPS) is 9.33. The molecule has 1 aromatic rings. The van der Waals surface area contributed by atoms with Crippen LogP contribution in [0.4, 0.5) is 5.69 Å². The molecule has 0 aliphatic carbocycles. The predicted octanol–water partition coefficient (Wildman–Crippen LogP) is 0.394. The molecule has 12 heavy (non-hydrogen) atoms. The second-order valence-electron chi connectivity index (χ2n) is 2.23. The Labute approximate surface area is 68.2 Å². The summed E-state index contributed by atoms with van der Waals surface area (Å²) >= 11 is 0. The molecule has 6 heteroatoms. The fourth-order valence-electron chi connectivity index (χ4n) is 0.875. The first-order valence-electron chi connectivity index (χ1n) is 3.19. The van der Waals surface area contributed by atoms with E-state index in [1.54, 1.807) is 7.05 Å². The zero-order chi connectivity index (χ0) is 9.14. The van der Waals surface area contributed by atoms with Crippen LogP contribution in [0.2, 0.25) is 0 Å². The van der Waals surface area contributed by atoms with E-state index >= 15 is 0 Å². The van der Waals surface area contributed by atoms with Crippen LogP contribution in [-0.2, 0) is 13.5 Å². The van der Waals surface area contributed by atoms with E-state index in [4.69, 9.17) is 5.26 Å². The summed E-state index contributed by atoms with van der Waals surface area (Å²) in [4.78, 5) is 9.81. The summed E-state index contributed by atoms with van der Waals surface area (Å²) in [5, 5.41) is 22.4. The summed E-state index contributed by atoms with van der Waals surface area (Å²) in [5.74, 6) is 0. The minimum Gasteiger partial charge on any atom is -0.268 e. The Morgan fingerprint density at radius 2 is 2.58 bits per heavy atom. The van der Waals surface area contributed by atoms with E-state index in [9.17, 15) is 10.1 Å². The first-order chi connectivity index (χ1) is 5.65. The molecule has 1 heterocycles. The van der Waals surface area contributed by atoms with Crippen molar-refractivity contribution < 1.29 is 4.92 Å². The highest BCUT2D eigenvalue weighted by atomic mass is 16.6. The molecule has 0 saturated carbocycles. The molecule has 0 saturated heterocycles. The molecule has 0 radical (unpaired) electrons. The highest BCUT2D eigenvalue weighted by Crippen LogP contribution is 2.15. The van der Waals surface area contributed by atoms with Crippen molar-refractivity contribution in [1.29, 1.82) is 5.26 Å². The van der Waals surface area contributed by atoms with E-state index in [0.29, 0.717) is 0 Å². The molecule has 0 atom stereocenters. The van der Waals surface area contributed by atoms with Gasteiger partial charge in [0, 0.05) is 7.05 Å².